The van der Waals surface area contributed by atoms with Gasteiger partial charge in [-0.2, -0.15) is 8.42 Å². The summed E-state index contributed by atoms with van der Waals surface area (Å²) in [5, 5.41) is 8.86. The lowest BCUT2D eigenvalue weighted by Gasteiger charge is -2.36. The fourth-order valence-corrected chi connectivity index (χ4v) is 4.27. The van der Waals surface area contributed by atoms with E-state index in [0.29, 0.717) is 12.9 Å². The third kappa shape index (κ3) is 10.6. The van der Waals surface area contributed by atoms with Crippen molar-refractivity contribution < 1.29 is 22.8 Å². The van der Waals surface area contributed by atoms with Crippen molar-refractivity contribution in [2.45, 2.75) is 57.0 Å². The van der Waals surface area contributed by atoms with Crippen LogP contribution in [0.4, 0.5) is 0 Å². The van der Waals surface area contributed by atoms with Crippen LogP contribution >= 0.6 is 0 Å². The first kappa shape index (κ1) is 29.7. The molecule has 5 nitrogen and oxygen atoms in total. The lowest BCUT2D eigenvalue weighted by Crippen LogP contribution is -2.33. The molecule has 0 saturated carbocycles. The molecule has 0 saturated heterocycles. The van der Waals surface area contributed by atoms with Crippen LogP contribution in [0.1, 0.15) is 68.1 Å². The Balaban J connectivity index is 0.000000830. The van der Waals surface area contributed by atoms with Crippen molar-refractivity contribution in [3.63, 3.8) is 0 Å². The van der Waals surface area contributed by atoms with Crippen LogP contribution in [0, 0.1) is 0 Å². The summed E-state index contributed by atoms with van der Waals surface area (Å²) in [5.41, 5.74) is 2.89. The smallest absolute Gasteiger partial charge is 0.261 e. The van der Waals surface area contributed by atoms with E-state index < -0.39 is 15.7 Å². The van der Waals surface area contributed by atoms with Gasteiger partial charge in [-0.15, -0.1) is 0 Å². The highest BCUT2D eigenvalue weighted by Gasteiger charge is 2.37. The molecule has 0 unspecified atom stereocenters. The number of benzene rings is 3. The standard InChI is InChI=1S/C29H36O2.CH4O3S/c30-24-16-5-3-1-2-4-6-17-25-31-29(26-18-10-7-11-19-26,27-20-12-8-13-21-27)28-22-14-9-15-23-28;1-5(2,3)4/h7-15,18-23,30H,1-6,16-17,24-25H2;1H3,(H,2,3,4). The Labute approximate surface area is 216 Å². The molecule has 0 amide bonds. The number of aliphatic hydroxyl groups is 1. The van der Waals surface area contributed by atoms with Gasteiger partial charge in [0.05, 0.1) is 6.26 Å². The van der Waals surface area contributed by atoms with Gasteiger partial charge in [-0.3, -0.25) is 4.55 Å². The van der Waals surface area contributed by atoms with Crippen molar-refractivity contribution in [1.82, 2.24) is 0 Å². The van der Waals surface area contributed by atoms with E-state index in [1.54, 1.807) is 0 Å². The van der Waals surface area contributed by atoms with Gasteiger partial charge in [0.1, 0.15) is 5.60 Å². The van der Waals surface area contributed by atoms with E-state index in [2.05, 4.69) is 91.0 Å². The second-order valence-corrected chi connectivity index (χ2v) is 10.4. The molecule has 3 rings (SSSR count). The Morgan fingerprint density at radius 1 is 0.611 bits per heavy atom. The molecule has 0 radical (unpaired) electrons. The molecule has 3 aromatic carbocycles. The SMILES string of the molecule is CS(=O)(=O)O.OCCCCCCCCCCOC(c1ccccc1)(c1ccccc1)c1ccccc1. The Bertz CT molecular complexity index is 950. The molecule has 3 aromatic rings. The molecule has 2 N–H and O–H groups in total. The minimum atomic E-state index is -3.67. The number of aliphatic hydroxyl groups excluding tert-OH is 1. The van der Waals surface area contributed by atoms with Crippen LogP contribution in [-0.4, -0.2) is 37.5 Å². The molecule has 196 valence electrons. The molecule has 0 heterocycles. The second-order valence-electron chi connectivity index (χ2n) is 8.91. The first-order valence-electron chi connectivity index (χ1n) is 12.7. The molecular weight excluding hydrogens is 472 g/mol. The summed E-state index contributed by atoms with van der Waals surface area (Å²) >= 11 is 0. The van der Waals surface area contributed by atoms with E-state index in [0.717, 1.165) is 42.6 Å². The molecule has 36 heavy (non-hydrogen) atoms. The predicted octanol–water partition coefficient (Wildman–Crippen LogP) is 6.61. The molecular formula is C30H40O5S. The average Bonchev–Trinajstić information content (AvgIpc) is 2.88. The lowest BCUT2D eigenvalue weighted by molar-refractivity contribution is 0.0106. The van der Waals surface area contributed by atoms with Gasteiger partial charge in [0.15, 0.2) is 0 Å². The zero-order valence-corrected chi connectivity index (χ0v) is 22.1. The highest BCUT2D eigenvalue weighted by molar-refractivity contribution is 7.85. The van der Waals surface area contributed by atoms with Crippen molar-refractivity contribution in [1.29, 1.82) is 0 Å². The molecule has 0 aliphatic heterocycles. The van der Waals surface area contributed by atoms with Crippen LogP contribution in [0.5, 0.6) is 0 Å². The monoisotopic (exact) mass is 512 g/mol. The Morgan fingerprint density at radius 3 is 1.25 bits per heavy atom. The van der Waals surface area contributed by atoms with E-state index >= 15 is 0 Å². The van der Waals surface area contributed by atoms with E-state index in [9.17, 15) is 8.42 Å². The summed E-state index contributed by atoms with van der Waals surface area (Å²) in [6.07, 6.45) is 10.1. The fourth-order valence-electron chi connectivity index (χ4n) is 4.27. The minimum Gasteiger partial charge on any atom is -0.396 e. The van der Waals surface area contributed by atoms with Gasteiger partial charge < -0.3 is 9.84 Å². The molecule has 0 aromatic heterocycles. The summed E-state index contributed by atoms with van der Waals surface area (Å²) in [4.78, 5) is 0. The predicted molar refractivity (Wildman–Crippen MR) is 147 cm³/mol. The largest absolute Gasteiger partial charge is 0.396 e. The van der Waals surface area contributed by atoms with Gasteiger partial charge in [0, 0.05) is 13.2 Å². The summed E-state index contributed by atoms with van der Waals surface area (Å²) in [6, 6.07) is 31.8. The third-order valence-electron chi connectivity index (χ3n) is 5.91. The van der Waals surface area contributed by atoms with Crippen LogP contribution < -0.4 is 0 Å². The van der Waals surface area contributed by atoms with E-state index in [1.165, 1.54) is 32.1 Å². The Hall–Kier alpha value is -2.51. The molecule has 0 aliphatic carbocycles. The maximum absolute atomic E-state index is 9.19. The van der Waals surface area contributed by atoms with Crippen molar-refractivity contribution >= 4 is 10.1 Å². The van der Waals surface area contributed by atoms with Crippen molar-refractivity contribution in [2.24, 2.45) is 0 Å². The van der Waals surface area contributed by atoms with Gasteiger partial charge in [0.25, 0.3) is 10.1 Å². The van der Waals surface area contributed by atoms with Crippen molar-refractivity contribution in [3.05, 3.63) is 108 Å². The van der Waals surface area contributed by atoms with E-state index in [4.69, 9.17) is 14.4 Å². The number of rotatable bonds is 14. The van der Waals surface area contributed by atoms with Crippen LogP contribution in [0.2, 0.25) is 0 Å². The highest BCUT2D eigenvalue weighted by Crippen LogP contribution is 2.40. The third-order valence-corrected chi connectivity index (χ3v) is 5.91. The van der Waals surface area contributed by atoms with Gasteiger partial charge >= 0.3 is 0 Å². The fraction of sp³-hybridized carbons (Fsp3) is 0.400. The molecule has 0 bridgehead atoms. The summed E-state index contributed by atoms with van der Waals surface area (Å²) in [5.74, 6) is 0. The van der Waals surface area contributed by atoms with Crippen molar-refractivity contribution in [3.8, 4) is 0 Å². The maximum atomic E-state index is 9.19. The Morgan fingerprint density at radius 2 is 0.917 bits per heavy atom. The first-order chi connectivity index (χ1) is 17.4. The number of hydrogen-bond donors (Lipinski definition) is 2. The summed E-state index contributed by atoms with van der Waals surface area (Å²) in [7, 11) is -3.67. The van der Waals surface area contributed by atoms with Crippen molar-refractivity contribution in [2.75, 3.05) is 19.5 Å². The summed E-state index contributed by atoms with van der Waals surface area (Å²) in [6.45, 7) is 1.05. The van der Waals surface area contributed by atoms with Gasteiger partial charge in [-0.05, 0) is 29.5 Å². The highest BCUT2D eigenvalue weighted by atomic mass is 32.2. The molecule has 0 aliphatic rings. The minimum absolute atomic E-state index is 0.323. The summed E-state index contributed by atoms with van der Waals surface area (Å²) < 4.78 is 32.7. The lowest BCUT2D eigenvalue weighted by atomic mass is 9.80. The quantitative estimate of drug-likeness (QED) is 0.144. The van der Waals surface area contributed by atoms with Gasteiger partial charge in [-0.25, -0.2) is 0 Å². The van der Waals surface area contributed by atoms with Gasteiger partial charge in [0.2, 0.25) is 0 Å². The zero-order chi connectivity index (χ0) is 26.1. The molecule has 0 fully saturated rings. The van der Waals surface area contributed by atoms with Crippen LogP contribution in [0.3, 0.4) is 0 Å². The zero-order valence-electron chi connectivity index (χ0n) is 21.3. The molecule has 0 atom stereocenters. The van der Waals surface area contributed by atoms with E-state index in [1.807, 2.05) is 0 Å². The molecule has 6 heteroatoms. The number of ether oxygens (including phenoxy) is 1. The van der Waals surface area contributed by atoms with Crippen LogP contribution in [-0.2, 0) is 20.5 Å². The van der Waals surface area contributed by atoms with Gasteiger partial charge in [-0.1, -0.05) is 130 Å². The Kier molecular flexibility index (Phi) is 13.4. The van der Waals surface area contributed by atoms with Crippen LogP contribution in [0.25, 0.3) is 0 Å². The topological polar surface area (TPSA) is 83.8 Å². The number of hydrogen-bond acceptors (Lipinski definition) is 4. The van der Waals surface area contributed by atoms with Crippen LogP contribution in [0.15, 0.2) is 91.0 Å². The first-order valence-corrected chi connectivity index (χ1v) is 14.6. The second kappa shape index (κ2) is 16.3. The maximum Gasteiger partial charge on any atom is 0.261 e. The number of unbranched alkanes of at least 4 members (excludes halogenated alkanes) is 7. The average molecular weight is 513 g/mol. The van der Waals surface area contributed by atoms with E-state index in [-0.39, 0.29) is 0 Å². The molecule has 0 spiro atoms. The normalized spacial score (nSPS) is 11.5.